The fourth-order valence-electron chi connectivity index (χ4n) is 4.05. The predicted molar refractivity (Wildman–Crippen MR) is 122 cm³/mol. The molecular formula is C25H52O3. The largest absolute Gasteiger partial charge is 0.379 e. The van der Waals surface area contributed by atoms with Crippen molar-refractivity contribution in [2.75, 3.05) is 7.11 Å². The van der Waals surface area contributed by atoms with Crippen LogP contribution in [0, 0.1) is 11.3 Å². The van der Waals surface area contributed by atoms with Crippen molar-refractivity contribution in [2.45, 2.75) is 144 Å². The second-order valence-corrected chi connectivity index (χ2v) is 10.7. The van der Waals surface area contributed by atoms with E-state index in [0.29, 0.717) is 5.92 Å². The van der Waals surface area contributed by atoms with E-state index in [-0.39, 0.29) is 34.4 Å². The Morgan fingerprint density at radius 1 is 0.750 bits per heavy atom. The van der Waals surface area contributed by atoms with Crippen molar-refractivity contribution in [3.8, 4) is 0 Å². The highest BCUT2D eigenvalue weighted by atomic mass is 16.5. The third-order valence-corrected chi connectivity index (χ3v) is 7.45. The molecule has 3 nitrogen and oxygen atoms in total. The van der Waals surface area contributed by atoms with Gasteiger partial charge in [-0.15, -0.1) is 0 Å². The zero-order valence-electron chi connectivity index (χ0n) is 21.5. The quantitative estimate of drug-likeness (QED) is 0.304. The molecule has 0 aliphatic rings. The van der Waals surface area contributed by atoms with E-state index in [1.54, 1.807) is 7.11 Å². The van der Waals surface area contributed by atoms with E-state index >= 15 is 0 Å². The first kappa shape index (κ1) is 27.9. The zero-order valence-corrected chi connectivity index (χ0v) is 21.5. The van der Waals surface area contributed by atoms with Crippen molar-refractivity contribution in [1.82, 2.24) is 0 Å². The maximum Gasteiger partial charge on any atom is 0.0707 e. The topological polar surface area (TPSA) is 27.7 Å². The lowest BCUT2D eigenvalue weighted by Crippen LogP contribution is -2.49. The molecule has 0 radical (unpaired) electrons. The zero-order chi connectivity index (χ0) is 22.4. The van der Waals surface area contributed by atoms with Crippen LogP contribution in [0.15, 0.2) is 0 Å². The van der Waals surface area contributed by atoms with Crippen LogP contribution in [0.4, 0.5) is 0 Å². The minimum absolute atomic E-state index is 0.000464. The Kier molecular flexibility index (Phi) is 10.7. The van der Waals surface area contributed by atoms with Crippen LogP contribution >= 0.6 is 0 Å². The lowest BCUT2D eigenvalue weighted by molar-refractivity contribution is -0.183. The van der Waals surface area contributed by atoms with E-state index in [4.69, 9.17) is 14.2 Å². The molecule has 0 N–H and O–H groups in total. The molecule has 0 spiro atoms. The maximum absolute atomic E-state index is 6.70. The fourth-order valence-corrected chi connectivity index (χ4v) is 4.05. The van der Waals surface area contributed by atoms with E-state index in [1.165, 1.54) is 0 Å². The Morgan fingerprint density at radius 3 is 1.64 bits per heavy atom. The van der Waals surface area contributed by atoms with Gasteiger partial charge in [0.1, 0.15) is 0 Å². The monoisotopic (exact) mass is 400 g/mol. The molecule has 0 saturated carbocycles. The highest BCUT2D eigenvalue weighted by Crippen LogP contribution is 2.44. The molecule has 0 aromatic rings. The van der Waals surface area contributed by atoms with E-state index < -0.39 is 0 Å². The van der Waals surface area contributed by atoms with Crippen molar-refractivity contribution >= 4 is 0 Å². The van der Waals surface area contributed by atoms with Gasteiger partial charge in [-0.3, -0.25) is 0 Å². The van der Waals surface area contributed by atoms with Gasteiger partial charge in [-0.25, -0.2) is 0 Å². The van der Waals surface area contributed by atoms with Gasteiger partial charge in [0, 0.05) is 13.5 Å². The Hall–Kier alpha value is -0.120. The summed E-state index contributed by atoms with van der Waals surface area (Å²) in [6, 6.07) is 0. The van der Waals surface area contributed by atoms with E-state index in [2.05, 4.69) is 83.1 Å². The summed E-state index contributed by atoms with van der Waals surface area (Å²) in [6.07, 6.45) is 5.29. The second kappa shape index (κ2) is 10.8. The molecule has 0 fully saturated rings. The van der Waals surface area contributed by atoms with Gasteiger partial charge in [-0.2, -0.15) is 0 Å². The minimum atomic E-state index is -0.215. The molecule has 0 aromatic heterocycles. The molecule has 170 valence electrons. The van der Waals surface area contributed by atoms with E-state index in [9.17, 15) is 0 Å². The summed E-state index contributed by atoms with van der Waals surface area (Å²) in [5.41, 5.74) is -0.462. The third-order valence-electron chi connectivity index (χ3n) is 7.45. The van der Waals surface area contributed by atoms with Crippen molar-refractivity contribution in [1.29, 1.82) is 0 Å². The molecule has 4 unspecified atom stereocenters. The van der Waals surface area contributed by atoms with Gasteiger partial charge < -0.3 is 14.2 Å². The summed E-state index contributed by atoms with van der Waals surface area (Å²) in [4.78, 5) is 0. The summed E-state index contributed by atoms with van der Waals surface area (Å²) in [6.45, 7) is 26.9. The summed E-state index contributed by atoms with van der Waals surface area (Å²) in [5.74, 6) is 0.500. The molecular weight excluding hydrogens is 348 g/mol. The number of methoxy groups -OCH3 is 1. The smallest absolute Gasteiger partial charge is 0.0707 e. The summed E-state index contributed by atoms with van der Waals surface area (Å²) in [7, 11) is 1.78. The fraction of sp³-hybridized carbons (Fsp3) is 1.00. The van der Waals surface area contributed by atoms with Crippen LogP contribution in [0.5, 0.6) is 0 Å². The van der Waals surface area contributed by atoms with Gasteiger partial charge in [0.2, 0.25) is 0 Å². The lowest BCUT2D eigenvalue weighted by atomic mass is 9.70. The first-order valence-electron chi connectivity index (χ1n) is 11.5. The highest BCUT2D eigenvalue weighted by Gasteiger charge is 2.44. The Labute approximate surface area is 177 Å². The molecule has 3 heteroatoms. The van der Waals surface area contributed by atoms with Crippen LogP contribution < -0.4 is 0 Å². The van der Waals surface area contributed by atoms with Crippen LogP contribution in [-0.2, 0) is 14.2 Å². The SMILES string of the molecule is CCC(CC(C)(C)C(C)(CC)OC(C)CC(C)(C)OC)OC(C)(CC)C(C)C. The predicted octanol–water partition coefficient (Wildman–Crippen LogP) is 7.41. The molecule has 0 aliphatic carbocycles. The number of ether oxygens (including phenoxy) is 3. The summed E-state index contributed by atoms with van der Waals surface area (Å²) < 4.78 is 19.0. The van der Waals surface area contributed by atoms with Crippen LogP contribution in [-0.4, -0.2) is 36.1 Å². The summed E-state index contributed by atoms with van der Waals surface area (Å²) >= 11 is 0. The van der Waals surface area contributed by atoms with Gasteiger partial charge in [0.05, 0.1) is 29.0 Å². The van der Waals surface area contributed by atoms with Crippen LogP contribution in [0.1, 0.15) is 115 Å². The molecule has 0 amide bonds. The molecule has 0 bridgehead atoms. The standard InChI is InChI=1S/C25H52O3/c1-14-21(28-24(11,15-2)19(4)5)18-22(7,8)25(12,16-3)27-20(6)17-23(9,10)26-13/h19-21H,14-18H2,1-13H3. The average molecular weight is 401 g/mol. The molecule has 0 aliphatic heterocycles. The molecule has 0 heterocycles. The Balaban J connectivity index is 5.36. The Morgan fingerprint density at radius 2 is 1.29 bits per heavy atom. The summed E-state index contributed by atoms with van der Waals surface area (Å²) in [5, 5.41) is 0. The maximum atomic E-state index is 6.70. The van der Waals surface area contributed by atoms with Crippen molar-refractivity contribution in [3.05, 3.63) is 0 Å². The van der Waals surface area contributed by atoms with Crippen LogP contribution in [0.3, 0.4) is 0 Å². The van der Waals surface area contributed by atoms with Gasteiger partial charge >= 0.3 is 0 Å². The number of hydrogen-bond acceptors (Lipinski definition) is 3. The molecule has 0 aromatic carbocycles. The van der Waals surface area contributed by atoms with Crippen LogP contribution in [0.25, 0.3) is 0 Å². The first-order chi connectivity index (χ1) is 12.6. The molecule has 0 saturated heterocycles. The van der Waals surface area contributed by atoms with E-state index in [0.717, 1.165) is 32.1 Å². The lowest BCUT2D eigenvalue weighted by Gasteiger charge is -2.48. The van der Waals surface area contributed by atoms with Crippen molar-refractivity contribution in [2.24, 2.45) is 11.3 Å². The first-order valence-corrected chi connectivity index (χ1v) is 11.5. The Bertz CT molecular complexity index is 443. The van der Waals surface area contributed by atoms with Crippen LogP contribution in [0.2, 0.25) is 0 Å². The molecule has 28 heavy (non-hydrogen) atoms. The van der Waals surface area contributed by atoms with Crippen molar-refractivity contribution < 1.29 is 14.2 Å². The normalized spacial score (nSPS) is 19.9. The van der Waals surface area contributed by atoms with Gasteiger partial charge in [0.15, 0.2) is 0 Å². The van der Waals surface area contributed by atoms with Gasteiger partial charge in [-0.1, -0.05) is 48.5 Å². The third kappa shape index (κ3) is 7.61. The molecule has 0 rings (SSSR count). The minimum Gasteiger partial charge on any atom is -0.379 e. The average Bonchev–Trinajstić information content (AvgIpc) is 2.59. The highest BCUT2D eigenvalue weighted by molar-refractivity contribution is 4.94. The van der Waals surface area contributed by atoms with Gasteiger partial charge in [-0.05, 0) is 71.6 Å². The van der Waals surface area contributed by atoms with E-state index in [1.807, 2.05) is 0 Å². The number of rotatable bonds is 14. The van der Waals surface area contributed by atoms with Crippen molar-refractivity contribution in [3.63, 3.8) is 0 Å². The molecule has 4 atom stereocenters. The van der Waals surface area contributed by atoms with Gasteiger partial charge in [0.25, 0.3) is 0 Å². The second-order valence-electron chi connectivity index (χ2n) is 10.7. The number of hydrogen-bond donors (Lipinski definition) is 0.